The minimum absolute atomic E-state index is 0.396. The summed E-state index contributed by atoms with van der Waals surface area (Å²) >= 11 is 0. The fourth-order valence-electron chi connectivity index (χ4n) is 1.53. The van der Waals surface area contributed by atoms with Gasteiger partial charge in [-0.25, -0.2) is 18.1 Å². The van der Waals surface area contributed by atoms with Gasteiger partial charge in [0, 0.05) is 18.3 Å². The average Bonchev–Trinajstić information content (AvgIpc) is 2.23. The predicted octanol–water partition coefficient (Wildman–Crippen LogP) is 0.830. The zero-order valence-corrected chi connectivity index (χ0v) is 11.8. The van der Waals surface area contributed by atoms with E-state index in [4.69, 9.17) is 4.74 Å². The average molecular weight is 273 g/mol. The third kappa shape index (κ3) is 4.89. The zero-order valence-electron chi connectivity index (χ0n) is 11.0. The molecule has 0 atom stereocenters. The van der Waals surface area contributed by atoms with E-state index in [0.717, 1.165) is 6.26 Å². The monoisotopic (exact) mass is 273 g/mol. The molecule has 18 heavy (non-hydrogen) atoms. The highest BCUT2D eigenvalue weighted by atomic mass is 32.2. The van der Waals surface area contributed by atoms with E-state index < -0.39 is 15.6 Å². The number of pyridine rings is 1. The summed E-state index contributed by atoms with van der Waals surface area (Å²) in [7, 11) is -1.69. The predicted molar refractivity (Wildman–Crippen MR) is 71.3 cm³/mol. The van der Waals surface area contributed by atoms with Crippen LogP contribution >= 0.6 is 0 Å². The van der Waals surface area contributed by atoms with Gasteiger partial charge in [-0.05, 0) is 26.0 Å². The van der Waals surface area contributed by atoms with E-state index in [1.54, 1.807) is 39.3 Å². The molecule has 102 valence electrons. The molecule has 0 radical (unpaired) electrons. The Morgan fingerprint density at radius 1 is 1.44 bits per heavy atom. The molecule has 1 aromatic rings. The van der Waals surface area contributed by atoms with Gasteiger partial charge in [-0.3, -0.25) is 0 Å². The maximum absolute atomic E-state index is 11.2. The molecule has 0 saturated carbocycles. The number of aromatic nitrogens is 1. The third-order valence-electron chi connectivity index (χ3n) is 2.15. The number of nitrogens with zero attached hydrogens (tertiary/aromatic N) is 1. The summed E-state index contributed by atoms with van der Waals surface area (Å²) in [5.74, 6) is 1.20. The van der Waals surface area contributed by atoms with Crippen LogP contribution in [-0.2, 0) is 10.0 Å². The van der Waals surface area contributed by atoms with Crippen molar-refractivity contribution >= 4 is 15.8 Å². The number of rotatable bonds is 6. The minimum Gasteiger partial charge on any atom is -0.493 e. The quantitative estimate of drug-likeness (QED) is 0.802. The molecular formula is C11H19N3O3S. The number of hydrogen-bond donors (Lipinski definition) is 2. The fraction of sp³-hybridized carbons (Fsp3) is 0.545. The number of sulfonamides is 1. The summed E-state index contributed by atoms with van der Waals surface area (Å²) < 4.78 is 30.1. The first kappa shape index (κ1) is 14.7. The third-order valence-corrected chi connectivity index (χ3v) is 3.07. The minimum atomic E-state index is -3.24. The van der Waals surface area contributed by atoms with E-state index in [1.165, 1.54) is 0 Å². The van der Waals surface area contributed by atoms with Gasteiger partial charge < -0.3 is 10.1 Å². The highest BCUT2D eigenvalue weighted by Gasteiger charge is 2.22. The first-order chi connectivity index (χ1) is 8.23. The second-order valence-electron chi connectivity index (χ2n) is 4.67. The smallest absolute Gasteiger partial charge is 0.209 e. The Balaban J connectivity index is 2.70. The van der Waals surface area contributed by atoms with Crippen LogP contribution in [0.4, 0.5) is 5.82 Å². The van der Waals surface area contributed by atoms with E-state index in [0.29, 0.717) is 18.1 Å². The van der Waals surface area contributed by atoms with E-state index in [2.05, 4.69) is 15.0 Å². The first-order valence-corrected chi connectivity index (χ1v) is 7.34. The van der Waals surface area contributed by atoms with Gasteiger partial charge in [-0.15, -0.1) is 0 Å². The number of nitrogens with one attached hydrogen (secondary N) is 2. The summed E-state index contributed by atoms with van der Waals surface area (Å²) in [6.07, 6.45) is 2.78. The SMILES string of the molecule is COc1cccnc1NCC(C)(C)NS(C)(=O)=O. The Labute approximate surface area is 108 Å². The second kappa shape index (κ2) is 5.53. The summed E-state index contributed by atoms with van der Waals surface area (Å²) in [5.41, 5.74) is -0.615. The van der Waals surface area contributed by atoms with Gasteiger partial charge in [0.15, 0.2) is 11.6 Å². The van der Waals surface area contributed by atoms with Gasteiger partial charge in [-0.1, -0.05) is 0 Å². The molecule has 0 bridgehead atoms. The van der Waals surface area contributed by atoms with E-state index in [1.807, 2.05) is 0 Å². The van der Waals surface area contributed by atoms with Crippen LogP contribution in [0.5, 0.6) is 5.75 Å². The lowest BCUT2D eigenvalue weighted by molar-refractivity contribution is 0.413. The van der Waals surface area contributed by atoms with Gasteiger partial charge in [0.1, 0.15) is 0 Å². The molecule has 0 amide bonds. The largest absolute Gasteiger partial charge is 0.493 e. The van der Waals surface area contributed by atoms with Crippen LogP contribution in [0.3, 0.4) is 0 Å². The maximum Gasteiger partial charge on any atom is 0.209 e. The lowest BCUT2D eigenvalue weighted by Crippen LogP contribution is -2.47. The van der Waals surface area contributed by atoms with Crippen molar-refractivity contribution in [2.24, 2.45) is 0 Å². The molecule has 0 aliphatic heterocycles. The lowest BCUT2D eigenvalue weighted by Gasteiger charge is -2.25. The summed E-state index contributed by atoms with van der Waals surface area (Å²) in [4.78, 5) is 4.14. The number of methoxy groups -OCH3 is 1. The number of ether oxygens (including phenoxy) is 1. The summed E-state index contributed by atoms with van der Waals surface area (Å²) in [5, 5.41) is 3.06. The van der Waals surface area contributed by atoms with E-state index in [-0.39, 0.29) is 0 Å². The molecule has 1 heterocycles. The van der Waals surface area contributed by atoms with Crippen molar-refractivity contribution in [3.63, 3.8) is 0 Å². The van der Waals surface area contributed by atoms with Crippen molar-refractivity contribution in [1.29, 1.82) is 0 Å². The highest BCUT2D eigenvalue weighted by molar-refractivity contribution is 7.88. The Hall–Kier alpha value is -1.34. The van der Waals surface area contributed by atoms with Crippen LogP contribution in [0.25, 0.3) is 0 Å². The normalized spacial score (nSPS) is 12.2. The number of anilines is 1. The molecule has 1 rings (SSSR count). The molecule has 0 fully saturated rings. The van der Waals surface area contributed by atoms with Crippen LogP contribution in [0.2, 0.25) is 0 Å². The van der Waals surface area contributed by atoms with Crippen LogP contribution in [-0.4, -0.2) is 38.9 Å². The van der Waals surface area contributed by atoms with Gasteiger partial charge in [0.05, 0.1) is 13.4 Å². The molecule has 1 aromatic heterocycles. The topological polar surface area (TPSA) is 80.3 Å². The van der Waals surface area contributed by atoms with Crippen LogP contribution < -0.4 is 14.8 Å². The van der Waals surface area contributed by atoms with E-state index >= 15 is 0 Å². The Morgan fingerprint density at radius 3 is 2.67 bits per heavy atom. The Kier molecular flexibility index (Phi) is 4.53. The molecule has 6 nitrogen and oxygen atoms in total. The lowest BCUT2D eigenvalue weighted by atomic mass is 10.1. The molecule has 7 heteroatoms. The molecule has 0 spiro atoms. The molecule has 0 unspecified atom stereocenters. The molecule has 2 N–H and O–H groups in total. The Morgan fingerprint density at radius 2 is 2.11 bits per heavy atom. The van der Waals surface area contributed by atoms with Crippen molar-refractivity contribution in [2.45, 2.75) is 19.4 Å². The van der Waals surface area contributed by atoms with Crippen LogP contribution in [0.15, 0.2) is 18.3 Å². The van der Waals surface area contributed by atoms with Crippen molar-refractivity contribution in [3.8, 4) is 5.75 Å². The molecule has 0 aliphatic carbocycles. The fourth-order valence-corrected chi connectivity index (χ4v) is 2.61. The second-order valence-corrected chi connectivity index (χ2v) is 6.41. The van der Waals surface area contributed by atoms with Crippen LogP contribution in [0.1, 0.15) is 13.8 Å². The summed E-state index contributed by atoms with van der Waals surface area (Å²) in [6.45, 7) is 3.97. The molecular weight excluding hydrogens is 254 g/mol. The standard InChI is InChI=1S/C11H19N3O3S/c1-11(2,14-18(4,15)16)8-13-10-9(17-3)6-5-7-12-10/h5-7,14H,8H2,1-4H3,(H,12,13). The van der Waals surface area contributed by atoms with E-state index in [9.17, 15) is 8.42 Å². The molecule has 0 aliphatic rings. The molecule has 0 saturated heterocycles. The molecule has 0 aromatic carbocycles. The van der Waals surface area contributed by atoms with Crippen molar-refractivity contribution in [1.82, 2.24) is 9.71 Å². The van der Waals surface area contributed by atoms with Gasteiger partial charge in [-0.2, -0.15) is 0 Å². The number of hydrogen-bond acceptors (Lipinski definition) is 5. The van der Waals surface area contributed by atoms with Crippen molar-refractivity contribution in [3.05, 3.63) is 18.3 Å². The highest BCUT2D eigenvalue weighted by Crippen LogP contribution is 2.20. The summed E-state index contributed by atoms with van der Waals surface area (Å²) in [6, 6.07) is 3.55. The van der Waals surface area contributed by atoms with Gasteiger partial charge >= 0.3 is 0 Å². The zero-order chi connectivity index (χ0) is 13.8. The van der Waals surface area contributed by atoms with Gasteiger partial charge in [0.25, 0.3) is 0 Å². The first-order valence-electron chi connectivity index (χ1n) is 5.45. The van der Waals surface area contributed by atoms with Crippen LogP contribution in [0, 0.1) is 0 Å². The Bertz CT molecular complexity index is 500. The maximum atomic E-state index is 11.2. The van der Waals surface area contributed by atoms with Crippen molar-refractivity contribution in [2.75, 3.05) is 25.2 Å². The van der Waals surface area contributed by atoms with Crippen molar-refractivity contribution < 1.29 is 13.2 Å². The van der Waals surface area contributed by atoms with Gasteiger partial charge in [0.2, 0.25) is 10.0 Å².